The van der Waals surface area contributed by atoms with E-state index in [4.69, 9.17) is 23.2 Å². The van der Waals surface area contributed by atoms with Crippen LogP contribution in [0.4, 0.5) is 5.95 Å². The average Bonchev–Trinajstić information content (AvgIpc) is 2.52. The summed E-state index contributed by atoms with van der Waals surface area (Å²) < 4.78 is 0. The molecule has 2 aromatic rings. The number of amides is 1. The number of nitrogens with zero attached hydrogens (tertiary/aromatic N) is 3. The molecule has 0 unspecified atom stereocenters. The van der Waals surface area contributed by atoms with Crippen LogP contribution in [0.2, 0.25) is 10.0 Å². The standard InChI is InChI=1S/C16H16Cl2N4O/c17-13-4-2-11(8-14(13)18)3-5-15(23)22-9-12(10-22)21-16-19-6-1-7-20-16/h1-2,4,6-8,12H,3,5,9-10H2,(H,19,20,21). The van der Waals surface area contributed by atoms with Gasteiger partial charge in [0.1, 0.15) is 0 Å². The average molecular weight is 351 g/mol. The van der Waals surface area contributed by atoms with E-state index in [0.717, 1.165) is 5.56 Å². The van der Waals surface area contributed by atoms with E-state index in [-0.39, 0.29) is 11.9 Å². The summed E-state index contributed by atoms with van der Waals surface area (Å²) in [6, 6.07) is 7.45. The van der Waals surface area contributed by atoms with Crippen LogP contribution in [0.3, 0.4) is 0 Å². The molecule has 0 atom stereocenters. The molecule has 1 aromatic heterocycles. The molecule has 5 nitrogen and oxygen atoms in total. The van der Waals surface area contributed by atoms with E-state index in [1.165, 1.54) is 0 Å². The van der Waals surface area contributed by atoms with Gasteiger partial charge < -0.3 is 10.2 Å². The van der Waals surface area contributed by atoms with Gasteiger partial charge in [0.05, 0.1) is 16.1 Å². The third kappa shape index (κ3) is 4.12. The molecule has 1 amide bonds. The van der Waals surface area contributed by atoms with Crippen molar-refractivity contribution in [3.05, 3.63) is 52.3 Å². The minimum Gasteiger partial charge on any atom is -0.348 e. The van der Waals surface area contributed by atoms with Gasteiger partial charge in [0, 0.05) is 31.9 Å². The summed E-state index contributed by atoms with van der Waals surface area (Å²) in [6.07, 6.45) is 4.50. The fourth-order valence-corrected chi connectivity index (χ4v) is 2.75. The minimum absolute atomic E-state index is 0.142. The molecule has 120 valence electrons. The summed E-state index contributed by atoms with van der Waals surface area (Å²) >= 11 is 11.9. The van der Waals surface area contributed by atoms with Gasteiger partial charge in [-0.2, -0.15) is 0 Å². The predicted octanol–water partition coefficient (Wildman–Crippen LogP) is 3.04. The molecule has 0 radical (unpaired) electrons. The van der Waals surface area contributed by atoms with E-state index >= 15 is 0 Å². The van der Waals surface area contributed by atoms with Crippen molar-refractivity contribution in [2.24, 2.45) is 0 Å². The highest BCUT2D eigenvalue weighted by Crippen LogP contribution is 2.23. The first-order valence-electron chi connectivity index (χ1n) is 7.37. The summed E-state index contributed by atoms with van der Waals surface area (Å²) in [7, 11) is 0. The molecule has 1 aromatic carbocycles. The number of aryl methyl sites for hydroxylation is 1. The first-order valence-corrected chi connectivity index (χ1v) is 8.12. The largest absolute Gasteiger partial charge is 0.348 e. The number of hydrogen-bond donors (Lipinski definition) is 1. The summed E-state index contributed by atoms with van der Waals surface area (Å²) in [5, 5.41) is 4.25. The monoisotopic (exact) mass is 350 g/mol. The fourth-order valence-electron chi connectivity index (χ4n) is 2.43. The Morgan fingerprint density at radius 1 is 1.22 bits per heavy atom. The van der Waals surface area contributed by atoms with Crippen molar-refractivity contribution in [2.45, 2.75) is 18.9 Å². The predicted molar refractivity (Wildman–Crippen MR) is 90.8 cm³/mol. The van der Waals surface area contributed by atoms with Crippen molar-refractivity contribution in [2.75, 3.05) is 18.4 Å². The molecule has 1 aliphatic heterocycles. The molecule has 0 saturated carbocycles. The number of likely N-dealkylation sites (tertiary alicyclic amines) is 1. The number of anilines is 1. The lowest BCUT2D eigenvalue weighted by Crippen LogP contribution is -2.57. The zero-order valence-electron chi connectivity index (χ0n) is 12.4. The van der Waals surface area contributed by atoms with Crippen molar-refractivity contribution in [3.63, 3.8) is 0 Å². The number of hydrogen-bond acceptors (Lipinski definition) is 4. The summed E-state index contributed by atoms with van der Waals surface area (Å²) in [4.78, 5) is 22.2. The van der Waals surface area contributed by atoms with Crippen LogP contribution < -0.4 is 5.32 Å². The Hall–Kier alpha value is -1.85. The summed E-state index contributed by atoms with van der Waals surface area (Å²) in [5.41, 5.74) is 1.01. The van der Waals surface area contributed by atoms with E-state index in [9.17, 15) is 4.79 Å². The molecule has 2 heterocycles. The first-order chi connectivity index (χ1) is 11.1. The number of halogens is 2. The van der Waals surface area contributed by atoms with E-state index in [1.54, 1.807) is 24.5 Å². The topological polar surface area (TPSA) is 58.1 Å². The third-order valence-corrected chi connectivity index (χ3v) is 4.48. The quantitative estimate of drug-likeness (QED) is 0.900. The van der Waals surface area contributed by atoms with Crippen LogP contribution in [0.25, 0.3) is 0 Å². The second kappa shape index (κ2) is 7.15. The van der Waals surface area contributed by atoms with Crippen LogP contribution in [0.15, 0.2) is 36.7 Å². The maximum absolute atomic E-state index is 12.2. The van der Waals surface area contributed by atoms with Gasteiger partial charge in [-0.05, 0) is 30.2 Å². The van der Waals surface area contributed by atoms with Gasteiger partial charge in [-0.25, -0.2) is 9.97 Å². The number of rotatable bonds is 5. The Morgan fingerprint density at radius 2 is 1.96 bits per heavy atom. The Labute approximate surface area is 144 Å². The van der Waals surface area contributed by atoms with Crippen molar-refractivity contribution in [3.8, 4) is 0 Å². The minimum atomic E-state index is 0.142. The maximum atomic E-state index is 12.2. The summed E-state index contributed by atoms with van der Waals surface area (Å²) in [6.45, 7) is 1.36. The smallest absolute Gasteiger partial charge is 0.223 e. The maximum Gasteiger partial charge on any atom is 0.223 e. The molecule has 1 aliphatic rings. The van der Waals surface area contributed by atoms with Gasteiger partial charge in [0.2, 0.25) is 11.9 Å². The molecule has 1 fully saturated rings. The van der Waals surface area contributed by atoms with Crippen LogP contribution in [-0.4, -0.2) is 39.9 Å². The molecular formula is C16H16Cl2N4O. The number of aromatic nitrogens is 2. The molecule has 1 N–H and O–H groups in total. The van der Waals surface area contributed by atoms with Crippen LogP contribution >= 0.6 is 23.2 Å². The van der Waals surface area contributed by atoms with Crippen molar-refractivity contribution in [1.82, 2.24) is 14.9 Å². The molecule has 0 spiro atoms. The van der Waals surface area contributed by atoms with Crippen LogP contribution in [0.1, 0.15) is 12.0 Å². The van der Waals surface area contributed by atoms with Crippen LogP contribution in [-0.2, 0) is 11.2 Å². The zero-order valence-corrected chi connectivity index (χ0v) is 13.9. The molecular weight excluding hydrogens is 335 g/mol. The molecule has 0 aliphatic carbocycles. The Balaban J connectivity index is 1.43. The SMILES string of the molecule is O=C(CCc1ccc(Cl)c(Cl)c1)N1CC(Nc2ncccn2)C1. The lowest BCUT2D eigenvalue weighted by Gasteiger charge is -2.39. The van der Waals surface area contributed by atoms with Gasteiger partial charge in [-0.15, -0.1) is 0 Å². The van der Waals surface area contributed by atoms with Crippen molar-refractivity contribution in [1.29, 1.82) is 0 Å². The Kier molecular flexibility index (Phi) is 4.98. The summed E-state index contributed by atoms with van der Waals surface area (Å²) in [5.74, 6) is 0.739. The van der Waals surface area contributed by atoms with E-state index in [0.29, 0.717) is 41.9 Å². The van der Waals surface area contributed by atoms with Gasteiger partial charge in [0.25, 0.3) is 0 Å². The van der Waals surface area contributed by atoms with Crippen LogP contribution in [0.5, 0.6) is 0 Å². The number of carbonyl (C=O) groups is 1. The highest BCUT2D eigenvalue weighted by molar-refractivity contribution is 6.42. The lowest BCUT2D eigenvalue weighted by molar-refractivity contribution is -0.135. The van der Waals surface area contributed by atoms with Crippen molar-refractivity contribution >= 4 is 35.1 Å². The Morgan fingerprint density at radius 3 is 2.65 bits per heavy atom. The second-order valence-electron chi connectivity index (χ2n) is 5.46. The second-order valence-corrected chi connectivity index (χ2v) is 6.28. The molecule has 3 rings (SSSR count). The fraction of sp³-hybridized carbons (Fsp3) is 0.312. The molecule has 7 heteroatoms. The molecule has 0 bridgehead atoms. The van der Waals surface area contributed by atoms with E-state index in [1.807, 2.05) is 17.0 Å². The molecule has 1 saturated heterocycles. The van der Waals surface area contributed by atoms with Crippen LogP contribution in [0, 0.1) is 0 Å². The van der Waals surface area contributed by atoms with Crippen molar-refractivity contribution < 1.29 is 4.79 Å². The number of carbonyl (C=O) groups excluding carboxylic acids is 1. The van der Waals surface area contributed by atoms with E-state index < -0.39 is 0 Å². The lowest BCUT2D eigenvalue weighted by atomic mass is 10.1. The number of benzene rings is 1. The third-order valence-electron chi connectivity index (χ3n) is 3.74. The van der Waals surface area contributed by atoms with Gasteiger partial charge in [-0.3, -0.25) is 4.79 Å². The van der Waals surface area contributed by atoms with E-state index in [2.05, 4.69) is 15.3 Å². The highest BCUT2D eigenvalue weighted by atomic mass is 35.5. The van der Waals surface area contributed by atoms with Gasteiger partial charge in [0.15, 0.2) is 0 Å². The zero-order chi connectivity index (χ0) is 16.2. The highest BCUT2D eigenvalue weighted by Gasteiger charge is 2.30. The van der Waals surface area contributed by atoms with Gasteiger partial charge in [-0.1, -0.05) is 29.3 Å². The first kappa shape index (κ1) is 16.0. The molecule has 23 heavy (non-hydrogen) atoms. The normalized spacial score (nSPS) is 14.4. The van der Waals surface area contributed by atoms with Gasteiger partial charge >= 0.3 is 0 Å². The Bertz CT molecular complexity index is 690. The number of nitrogens with one attached hydrogen (secondary N) is 1.